The van der Waals surface area contributed by atoms with Gasteiger partial charge in [0.05, 0.1) is 17.3 Å². The summed E-state index contributed by atoms with van der Waals surface area (Å²) in [5, 5.41) is 13.7. The van der Waals surface area contributed by atoms with Crippen molar-refractivity contribution in [2.45, 2.75) is 20.5 Å². The zero-order valence-electron chi connectivity index (χ0n) is 18.5. The van der Waals surface area contributed by atoms with Crippen LogP contribution < -0.4 is 14.8 Å². The van der Waals surface area contributed by atoms with Crippen molar-refractivity contribution in [2.24, 2.45) is 0 Å². The Morgan fingerprint density at radius 2 is 1.68 bits per heavy atom. The number of nitrogens with zero attached hydrogens (tertiary/aromatic N) is 1. The van der Waals surface area contributed by atoms with E-state index in [1.165, 1.54) is 6.08 Å². The lowest BCUT2D eigenvalue weighted by Gasteiger charge is -2.14. The predicted molar refractivity (Wildman–Crippen MR) is 137 cm³/mol. The van der Waals surface area contributed by atoms with Crippen LogP contribution in [0.1, 0.15) is 23.6 Å². The van der Waals surface area contributed by atoms with Gasteiger partial charge in [0.15, 0.2) is 11.5 Å². The summed E-state index contributed by atoms with van der Waals surface area (Å²) in [4.78, 5) is 12.7. The van der Waals surface area contributed by atoms with Crippen molar-refractivity contribution in [1.29, 1.82) is 5.26 Å². The Labute approximate surface area is 213 Å². The van der Waals surface area contributed by atoms with E-state index in [-0.39, 0.29) is 12.2 Å². The van der Waals surface area contributed by atoms with Gasteiger partial charge in [-0.25, -0.2) is 0 Å². The molecule has 0 spiro atoms. The Bertz CT molecular complexity index is 1240. The van der Waals surface area contributed by atoms with Gasteiger partial charge in [-0.2, -0.15) is 5.26 Å². The summed E-state index contributed by atoms with van der Waals surface area (Å²) in [6.07, 6.45) is 1.47. The molecule has 3 rings (SSSR count). The number of ether oxygens (including phenoxy) is 2. The molecule has 1 N–H and O–H groups in total. The van der Waals surface area contributed by atoms with Crippen molar-refractivity contribution in [2.75, 3.05) is 11.9 Å². The highest BCUT2D eigenvalue weighted by molar-refractivity contribution is 6.36. The molecule has 8 heteroatoms. The molecule has 0 atom stereocenters. The maximum absolute atomic E-state index is 12.7. The number of anilines is 1. The van der Waals surface area contributed by atoms with E-state index in [1.807, 2.05) is 26.0 Å². The Hall–Kier alpha value is -3.17. The molecular formula is C26H21Cl3N2O3. The number of hydrogen-bond acceptors (Lipinski definition) is 4. The predicted octanol–water partition coefficient (Wildman–Crippen LogP) is 7.48. The second kappa shape index (κ2) is 11.8. The van der Waals surface area contributed by atoms with Gasteiger partial charge in [-0.3, -0.25) is 4.79 Å². The first-order valence-corrected chi connectivity index (χ1v) is 11.5. The summed E-state index contributed by atoms with van der Waals surface area (Å²) in [5.74, 6) is 0.369. The fourth-order valence-electron chi connectivity index (χ4n) is 3.11. The molecule has 0 saturated heterocycles. The number of nitrogens with one attached hydrogen (secondary N) is 1. The molecule has 0 radical (unpaired) electrons. The molecule has 0 bridgehead atoms. The Morgan fingerprint density at radius 3 is 2.32 bits per heavy atom. The molecule has 5 nitrogen and oxygen atoms in total. The molecule has 0 heterocycles. The van der Waals surface area contributed by atoms with Crippen LogP contribution in [0.2, 0.25) is 15.1 Å². The first-order valence-electron chi connectivity index (χ1n) is 10.3. The van der Waals surface area contributed by atoms with Gasteiger partial charge in [0.25, 0.3) is 5.91 Å². The van der Waals surface area contributed by atoms with Gasteiger partial charge in [0, 0.05) is 15.6 Å². The maximum atomic E-state index is 12.7. The van der Waals surface area contributed by atoms with E-state index < -0.39 is 5.91 Å². The third-order valence-electron chi connectivity index (χ3n) is 4.84. The van der Waals surface area contributed by atoms with Gasteiger partial charge < -0.3 is 14.8 Å². The summed E-state index contributed by atoms with van der Waals surface area (Å²) >= 11 is 18.6. The third kappa shape index (κ3) is 6.24. The number of aryl methyl sites for hydroxylation is 1. The van der Waals surface area contributed by atoms with Crippen molar-refractivity contribution in [3.63, 3.8) is 0 Å². The van der Waals surface area contributed by atoms with Crippen LogP contribution in [-0.2, 0) is 11.4 Å². The Kier molecular flexibility index (Phi) is 8.84. The van der Waals surface area contributed by atoms with Crippen LogP contribution in [0.4, 0.5) is 5.69 Å². The molecule has 3 aromatic rings. The summed E-state index contributed by atoms with van der Waals surface area (Å²) in [7, 11) is 0. The van der Waals surface area contributed by atoms with Crippen molar-refractivity contribution in [3.05, 3.63) is 91.9 Å². The molecule has 1 amide bonds. The normalized spacial score (nSPS) is 11.0. The number of carbonyl (C=O) groups is 1. The third-order valence-corrected chi connectivity index (χ3v) is 5.86. The minimum absolute atomic E-state index is 0.0849. The number of halogens is 3. The molecule has 0 unspecified atom stereocenters. The lowest BCUT2D eigenvalue weighted by atomic mass is 10.1. The van der Waals surface area contributed by atoms with Gasteiger partial charge in [-0.05, 0) is 61.4 Å². The lowest BCUT2D eigenvalue weighted by Crippen LogP contribution is -2.14. The van der Waals surface area contributed by atoms with Crippen LogP contribution in [0.15, 0.2) is 60.2 Å². The van der Waals surface area contributed by atoms with Crippen LogP contribution >= 0.6 is 34.8 Å². The minimum Gasteiger partial charge on any atom is -0.490 e. The second-order valence-electron chi connectivity index (χ2n) is 7.18. The number of para-hydroxylation sites is 1. The van der Waals surface area contributed by atoms with Crippen LogP contribution in [0.5, 0.6) is 11.5 Å². The van der Waals surface area contributed by atoms with Crippen molar-refractivity contribution >= 4 is 52.5 Å². The molecule has 0 fully saturated rings. The lowest BCUT2D eigenvalue weighted by molar-refractivity contribution is -0.112. The average molecular weight is 516 g/mol. The number of carbonyl (C=O) groups excluding carboxylic acids is 1. The maximum Gasteiger partial charge on any atom is 0.266 e. The van der Waals surface area contributed by atoms with E-state index in [4.69, 9.17) is 44.3 Å². The number of rotatable bonds is 8. The first-order chi connectivity index (χ1) is 16.3. The number of nitriles is 1. The molecule has 0 aliphatic heterocycles. The van der Waals surface area contributed by atoms with Gasteiger partial charge in [0.2, 0.25) is 0 Å². The molecule has 3 aromatic carbocycles. The highest BCUT2D eigenvalue weighted by Gasteiger charge is 2.15. The zero-order chi connectivity index (χ0) is 24.7. The quantitative estimate of drug-likeness (QED) is 0.249. The van der Waals surface area contributed by atoms with Crippen molar-refractivity contribution in [3.8, 4) is 17.6 Å². The molecular weight excluding hydrogens is 495 g/mol. The number of amides is 1. The summed E-state index contributed by atoms with van der Waals surface area (Å²) in [6.45, 7) is 4.21. The topological polar surface area (TPSA) is 71.3 Å². The standard InChI is InChI=1S/C26H21Cl3N2O3/c1-3-33-24-13-17(10-11-23(24)34-15-19-20(27)7-5-8-21(19)28)12-18(14-30)26(32)31-25-16(2)6-4-9-22(25)29/h4-13H,3,15H2,1-2H3,(H,31,32)/b18-12+. The van der Waals surface area contributed by atoms with Crippen molar-refractivity contribution in [1.82, 2.24) is 0 Å². The van der Waals surface area contributed by atoms with Gasteiger partial charge >= 0.3 is 0 Å². The van der Waals surface area contributed by atoms with Gasteiger partial charge in [-0.15, -0.1) is 0 Å². The summed E-state index contributed by atoms with van der Waals surface area (Å²) in [5.41, 5.74) is 2.42. The van der Waals surface area contributed by atoms with E-state index in [0.29, 0.717) is 50.0 Å². The smallest absolute Gasteiger partial charge is 0.266 e. The summed E-state index contributed by atoms with van der Waals surface area (Å²) < 4.78 is 11.6. The fraction of sp³-hybridized carbons (Fsp3) is 0.154. The van der Waals surface area contributed by atoms with E-state index in [2.05, 4.69) is 5.32 Å². The van der Waals surface area contributed by atoms with Crippen LogP contribution in [0.3, 0.4) is 0 Å². The van der Waals surface area contributed by atoms with E-state index in [0.717, 1.165) is 5.56 Å². The van der Waals surface area contributed by atoms with Crippen LogP contribution in [-0.4, -0.2) is 12.5 Å². The molecule has 0 aliphatic carbocycles. The minimum atomic E-state index is -0.564. The molecule has 174 valence electrons. The average Bonchev–Trinajstić information content (AvgIpc) is 2.80. The van der Waals surface area contributed by atoms with E-state index in [9.17, 15) is 10.1 Å². The largest absolute Gasteiger partial charge is 0.490 e. The highest BCUT2D eigenvalue weighted by Crippen LogP contribution is 2.32. The molecule has 0 aromatic heterocycles. The molecule has 34 heavy (non-hydrogen) atoms. The monoisotopic (exact) mass is 514 g/mol. The summed E-state index contributed by atoms with van der Waals surface area (Å²) in [6, 6.07) is 17.6. The molecule has 0 aliphatic rings. The molecule has 0 saturated carbocycles. The zero-order valence-corrected chi connectivity index (χ0v) is 20.8. The Balaban J connectivity index is 1.84. The number of hydrogen-bond donors (Lipinski definition) is 1. The van der Waals surface area contributed by atoms with Crippen LogP contribution in [0, 0.1) is 18.3 Å². The SMILES string of the molecule is CCOc1cc(/C=C(\C#N)C(=O)Nc2c(C)cccc2Cl)ccc1OCc1c(Cl)cccc1Cl. The van der Waals surface area contributed by atoms with Crippen molar-refractivity contribution < 1.29 is 14.3 Å². The van der Waals surface area contributed by atoms with E-state index in [1.54, 1.807) is 48.5 Å². The first kappa shape index (κ1) is 25.5. The van der Waals surface area contributed by atoms with Gasteiger partial charge in [-0.1, -0.05) is 59.1 Å². The number of benzene rings is 3. The van der Waals surface area contributed by atoms with E-state index >= 15 is 0 Å². The Morgan fingerprint density at radius 1 is 1.00 bits per heavy atom. The van der Waals surface area contributed by atoms with Gasteiger partial charge in [0.1, 0.15) is 18.2 Å². The van der Waals surface area contributed by atoms with Crippen LogP contribution in [0.25, 0.3) is 6.08 Å². The fourth-order valence-corrected chi connectivity index (χ4v) is 3.88. The second-order valence-corrected chi connectivity index (χ2v) is 8.41. The highest BCUT2D eigenvalue weighted by atomic mass is 35.5.